The molecule has 0 aromatic heterocycles. The van der Waals surface area contributed by atoms with E-state index in [0.717, 1.165) is 45.4 Å². The zero-order chi connectivity index (χ0) is 13.7. The van der Waals surface area contributed by atoms with Crippen LogP contribution in [-0.2, 0) is 9.53 Å². The molecule has 2 aliphatic heterocycles. The van der Waals surface area contributed by atoms with Crippen molar-refractivity contribution in [1.29, 1.82) is 0 Å². The van der Waals surface area contributed by atoms with Crippen molar-refractivity contribution in [2.45, 2.75) is 31.5 Å². The van der Waals surface area contributed by atoms with E-state index >= 15 is 0 Å². The Morgan fingerprint density at radius 1 is 1.26 bits per heavy atom. The van der Waals surface area contributed by atoms with Crippen molar-refractivity contribution in [1.82, 2.24) is 9.80 Å². The molecule has 0 aromatic rings. The van der Waals surface area contributed by atoms with E-state index in [9.17, 15) is 4.79 Å². The van der Waals surface area contributed by atoms with E-state index in [1.54, 1.807) is 0 Å². The summed E-state index contributed by atoms with van der Waals surface area (Å²) in [7, 11) is 0. The van der Waals surface area contributed by atoms with Crippen LogP contribution in [0.1, 0.15) is 19.3 Å². The van der Waals surface area contributed by atoms with E-state index in [4.69, 9.17) is 15.6 Å². The Labute approximate surface area is 114 Å². The standard InChI is InChI=1S/C13H25N3O3/c14-10-11-2-3-12(19-11)13(18)16-5-1-4-15(6-7-16)8-9-17/h11-12,17H,1-10,14H2. The monoisotopic (exact) mass is 271 g/mol. The molecule has 19 heavy (non-hydrogen) atoms. The van der Waals surface area contributed by atoms with Gasteiger partial charge in [-0.05, 0) is 25.8 Å². The van der Waals surface area contributed by atoms with Gasteiger partial charge in [0, 0.05) is 32.7 Å². The summed E-state index contributed by atoms with van der Waals surface area (Å²) in [5.74, 6) is 0.113. The molecule has 0 aromatic carbocycles. The molecule has 0 aliphatic carbocycles. The minimum absolute atomic E-state index is 0.0480. The van der Waals surface area contributed by atoms with E-state index in [1.807, 2.05) is 4.90 Å². The second-order valence-corrected chi connectivity index (χ2v) is 5.30. The van der Waals surface area contributed by atoms with Crippen LogP contribution in [0, 0.1) is 0 Å². The summed E-state index contributed by atoms with van der Waals surface area (Å²) in [5, 5.41) is 8.96. The molecule has 2 atom stereocenters. The quantitative estimate of drug-likeness (QED) is 0.687. The molecule has 6 nitrogen and oxygen atoms in total. The summed E-state index contributed by atoms with van der Waals surface area (Å²) in [6.07, 6.45) is 2.39. The lowest BCUT2D eigenvalue weighted by Gasteiger charge is -2.24. The maximum Gasteiger partial charge on any atom is 0.251 e. The number of rotatable bonds is 4. The maximum absolute atomic E-state index is 12.4. The van der Waals surface area contributed by atoms with Crippen molar-refractivity contribution in [3.05, 3.63) is 0 Å². The lowest BCUT2D eigenvalue weighted by atomic mass is 10.2. The van der Waals surface area contributed by atoms with Gasteiger partial charge in [0.25, 0.3) is 5.91 Å². The highest BCUT2D eigenvalue weighted by atomic mass is 16.5. The van der Waals surface area contributed by atoms with Gasteiger partial charge in [0.1, 0.15) is 6.10 Å². The molecule has 0 radical (unpaired) electrons. The van der Waals surface area contributed by atoms with Gasteiger partial charge in [-0.3, -0.25) is 9.69 Å². The van der Waals surface area contributed by atoms with Gasteiger partial charge in [-0.1, -0.05) is 0 Å². The topological polar surface area (TPSA) is 79.0 Å². The Balaban J connectivity index is 1.83. The molecule has 110 valence electrons. The van der Waals surface area contributed by atoms with E-state index in [1.165, 1.54) is 0 Å². The first-order valence-corrected chi connectivity index (χ1v) is 7.22. The third-order valence-corrected chi connectivity index (χ3v) is 3.96. The van der Waals surface area contributed by atoms with Crippen LogP contribution in [0.5, 0.6) is 0 Å². The fourth-order valence-corrected chi connectivity index (χ4v) is 2.82. The Morgan fingerprint density at radius 3 is 2.79 bits per heavy atom. The highest BCUT2D eigenvalue weighted by Crippen LogP contribution is 2.21. The summed E-state index contributed by atoms with van der Waals surface area (Å²) >= 11 is 0. The normalized spacial score (nSPS) is 29.5. The van der Waals surface area contributed by atoms with E-state index in [0.29, 0.717) is 13.1 Å². The van der Waals surface area contributed by atoms with Gasteiger partial charge in [-0.2, -0.15) is 0 Å². The van der Waals surface area contributed by atoms with Gasteiger partial charge in [0.2, 0.25) is 0 Å². The first-order valence-electron chi connectivity index (χ1n) is 7.22. The number of nitrogens with two attached hydrogens (primary N) is 1. The molecule has 2 heterocycles. The minimum Gasteiger partial charge on any atom is -0.395 e. The highest BCUT2D eigenvalue weighted by Gasteiger charge is 2.33. The fourth-order valence-electron chi connectivity index (χ4n) is 2.82. The second kappa shape index (κ2) is 7.19. The Bertz CT molecular complexity index is 301. The number of aliphatic hydroxyl groups is 1. The van der Waals surface area contributed by atoms with Crippen LogP contribution in [0.3, 0.4) is 0 Å². The van der Waals surface area contributed by atoms with Crippen molar-refractivity contribution in [3.8, 4) is 0 Å². The van der Waals surface area contributed by atoms with Crippen molar-refractivity contribution in [3.63, 3.8) is 0 Å². The largest absolute Gasteiger partial charge is 0.395 e. The molecule has 0 spiro atoms. The van der Waals surface area contributed by atoms with Gasteiger partial charge >= 0.3 is 0 Å². The SMILES string of the molecule is NCC1CCC(C(=O)N2CCCN(CCO)CC2)O1. The van der Waals surface area contributed by atoms with Crippen LogP contribution in [0.15, 0.2) is 0 Å². The van der Waals surface area contributed by atoms with Crippen LogP contribution in [0.2, 0.25) is 0 Å². The smallest absolute Gasteiger partial charge is 0.251 e. The number of carbonyl (C=O) groups excluding carboxylic acids is 1. The average molecular weight is 271 g/mol. The Kier molecular flexibility index (Phi) is 5.57. The lowest BCUT2D eigenvalue weighted by molar-refractivity contribution is -0.142. The summed E-state index contributed by atoms with van der Waals surface area (Å²) in [6, 6.07) is 0. The summed E-state index contributed by atoms with van der Waals surface area (Å²) in [6.45, 7) is 4.66. The molecule has 2 aliphatic rings. The molecule has 2 saturated heterocycles. The molecular weight excluding hydrogens is 246 g/mol. The zero-order valence-corrected chi connectivity index (χ0v) is 11.5. The number of β-amino-alcohol motifs (C(OH)–C–C–N with tert-alkyl or cyclic N) is 1. The van der Waals surface area contributed by atoms with Gasteiger partial charge in [0.05, 0.1) is 12.7 Å². The van der Waals surface area contributed by atoms with E-state index in [2.05, 4.69) is 4.90 Å². The Morgan fingerprint density at radius 2 is 2.11 bits per heavy atom. The molecule has 2 unspecified atom stereocenters. The van der Waals surface area contributed by atoms with E-state index < -0.39 is 0 Å². The first kappa shape index (κ1) is 14.7. The van der Waals surface area contributed by atoms with Crippen LogP contribution in [-0.4, -0.2) is 78.9 Å². The summed E-state index contributed by atoms with van der Waals surface area (Å²) in [5.41, 5.74) is 5.57. The molecule has 6 heteroatoms. The van der Waals surface area contributed by atoms with Crippen molar-refractivity contribution < 1.29 is 14.6 Å². The highest BCUT2D eigenvalue weighted by molar-refractivity contribution is 5.81. The van der Waals surface area contributed by atoms with Crippen LogP contribution in [0.25, 0.3) is 0 Å². The zero-order valence-electron chi connectivity index (χ0n) is 11.5. The third kappa shape index (κ3) is 3.89. The molecule has 3 N–H and O–H groups in total. The molecule has 1 amide bonds. The maximum atomic E-state index is 12.4. The number of hydrogen-bond donors (Lipinski definition) is 2. The number of carbonyl (C=O) groups is 1. The van der Waals surface area contributed by atoms with Crippen molar-refractivity contribution >= 4 is 5.91 Å². The fraction of sp³-hybridized carbons (Fsp3) is 0.923. The van der Waals surface area contributed by atoms with Crippen molar-refractivity contribution in [2.24, 2.45) is 5.73 Å². The van der Waals surface area contributed by atoms with Crippen LogP contribution in [0.4, 0.5) is 0 Å². The van der Waals surface area contributed by atoms with Crippen molar-refractivity contribution in [2.75, 3.05) is 45.9 Å². The number of aliphatic hydroxyl groups excluding tert-OH is 1. The lowest BCUT2D eigenvalue weighted by Crippen LogP contribution is -2.42. The van der Waals surface area contributed by atoms with Gasteiger partial charge in [-0.15, -0.1) is 0 Å². The predicted octanol–water partition coefficient (Wildman–Crippen LogP) is -0.981. The predicted molar refractivity (Wildman–Crippen MR) is 71.7 cm³/mol. The third-order valence-electron chi connectivity index (χ3n) is 3.96. The summed E-state index contributed by atoms with van der Waals surface area (Å²) < 4.78 is 5.67. The van der Waals surface area contributed by atoms with Gasteiger partial charge in [0.15, 0.2) is 0 Å². The number of nitrogens with zero attached hydrogens (tertiary/aromatic N) is 2. The number of hydrogen-bond acceptors (Lipinski definition) is 5. The Hall–Kier alpha value is -0.690. The summed E-state index contributed by atoms with van der Waals surface area (Å²) in [4.78, 5) is 16.5. The van der Waals surface area contributed by atoms with Crippen LogP contribution < -0.4 is 5.73 Å². The number of ether oxygens (including phenoxy) is 1. The second-order valence-electron chi connectivity index (χ2n) is 5.30. The van der Waals surface area contributed by atoms with E-state index in [-0.39, 0.29) is 24.7 Å². The first-order chi connectivity index (χ1) is 9.24. The van der Waals surface area contributed by atoms with Gasteiger partial charge in [-0.25, -0.2) is 0 Å². The molecule has 2 rings (SSSR count). The van der Waals surface area contributed by atoms with Crippen LogP contribution >= 0.6 is 0 Å². The molecule has 0 bridgehead atoms. The number of amides is 1. The van der Waals surface area contributed by atoms with Gasteiger partial charge < -0.3 is 20.5 Å². The molecular formula is C13H25N3O3. The molecule has 0 saturated carbocycles. The molecule has 2 fully saturated rings. The average Bonchev–Trinajstić information content (AvgIpc) is 2.79. The minimum atomic E-state index is -0.294.